The Morgan fingerprint density at radius 2 is 1.88 bits per heavy atom. The van der Waals surface area contributed by atoms with E-state index in [0.717, 1.165) is 25.7 Å². The van der Waals surface area contributed by atoms with Crippen LogP contribution in [-0.4, -0.2) is 22.3 Å². The summed E-state index contributed by atoms with van der Waals surface area (Å²) in [7, 11) is 0. The predicted molar refractivity (Wildman–Crippen MR) is 93.0 cm³/mol. The third-order valence-corrected chi connectivity index (χ3v) is 8.08. The number of aliphatic hydroxyl groups excluding tert-OH is 1. The topological polar surface area (TPSA) is 57.5 Å². The zero-order valence-corrected chi connectivity index (χ0v) is 14.9. The molecule has 0 radical (unpaired) electrons. The van der Waals surface area contributed by atoms with Crippen LogP contribution in [0.4, 0.5) is 0 Å². The fourth-order valence-corrected chi connectivity index (χ4v) is 6.68. The Bertz CT molecular complexity index is 617. The van der Waals surface area contributed by atoms with Gasteiger partial charge < -0.3 is 10.2 Å². The fourth-order valence-electron chi connectivity index (χ4n) is 6.68. The van der Waals surface area contributed by atoms with Crippen LogP contribution in [0.5, 0.6) is 0 Å². The van der Waals surface area contributed by atoms with E-state index < -0.39 is 6.29 Å². The highest BCUT2D eigenvalue weighted by atomic mass is 16.5. The van der Waals surface area contributed by atoms with Gasteiger partial charge in [-0.2, -0.15) is 0 Å². The number of rotatable bonds is 2. The van der Waals surface area contributed by atoms with Crippen molar-refractivity contribution in [3.05, 3.63) is 23.3 Å². The molecule has 0 amide bonds. The van der Waals surface area contributed by atoms with Crippen molar-refractivity contribution in [2.75, 3.05) is 0 Å². The summed E-state index contributed by atoms with van der Waals surface area (Å²) in [6, 6.07) is 0. The molecule has 0 aliphatic heterocycles. The average Bonchev–Trinajstić information content (AvgIpc) is 2.90. The SMILES string of the molecule is C[C@]12CC[C@H]3C(=CC=C4CCCC[C@@]43C)[C@@H]1CC[C@@H]2C(=O)C(O)O. The molecule has 2 N–H and O–H groups in total. The fraction of sp³-hybridized carbons (Fsp3) is 0.762. The molecule has 4 aliphatic rings. The average molecular weight is 330 g/mol. The maximum Gasteiger partial charge on any atom is 0.213 e. The third kappa shape index (κ3) is 2.13. The van der Waals surface area contributed by atoms with E-state index in [2.05, 4.69) is 26.0 Å². The van der Waals surface area contributed by atoms with Crippen molar-refractivity contribution in [1.29, 1.82) is 0 Å². The number of Topliss-reactive ketones (excluding diaryl/α,β-unsaturated/α-hetero) is 1. The second-order valence-corrected chi connectivity index (χ2v) is 9.04. The first-order valence-corrected chi connectivity index (χ1v) is 9.69. The molecule has 3 fully saturated rings. The van der Waals surface area contributed by atoms with Crippen LogP contribution in [0.25, 0.3) is 0 Å². The van der Waals surface area contributed by atoms with E-state index in [1.807, 2.05) is 0 Å². The molecule has 0 spiro atoms. The minimum absolute atomic E-state index is 0.0977. The van der Waals surface area contributed by atoms with E-state index >= 15 is 0 Å². The number of aliphatic hydroxyl groups is 2. The van der Waals surface area contributed by atoms with Gasteiger partial charge in [-0.25, -0.2) is 0 Å². The number of hydrogen-bond acceptors (Lipinski definition) is 3. The highest BCUT2D eigenvalue weighted by Crippen LogP contribution is 2.65. The van der Waals surface area contributed by atoms with Crippen molar-refractivity contribution in [2.45, 2.75) is 71.5 Å². The van der Waals surface area contributed by atoms with E-state index in [0.29, 0.717) is 17.3 Å². The van der Waals surface area contributed by atoms with Crippen molar-refractivity contribution >= 4 is 5.78 Å². The lowest BCUT2D eigenvalue weighted by Crippen LogP contribution is -2.46. The first-order valence-electron chi connectivity index (χ1n) is 9.69. The van der Waals surface area contributed by atoms with E-state index in [1.54, 1.807) is 11.1 Å². The Morgan fingerprint density at radius 1 is 1.08 bits per heavy atom. The van der Waals surface area contributed by atoms with Crippen LogP contribution in [-0.2, 0) is 4.79 Å². The molecular formula is C21H30O3. The van der Waals surface area contributed by atoms with Gasteiger partial charge in [-0.3, -0.25) is 4.79 Å². The molecule has 4 rings (SSSR count). The molecule has 5 atom stereocenters. The first kappa shape index (κ1) is 16.5. The van der Waals surface area contributed by atoms with Gasteiger partial charge in [0, 0.05) is 5.92 Å². The molecule has 3 nitrogen and oxygen atoms in total. The zero-order valence-electron chi connectivity index (χ0n) is 14.9. The lowest BCUT2D eigenvalue weighted by molar-refractivity contribution is -0.153. The number of hydrogen-bond donors (Lipinski definition) is 2. The number of fused-ring (bicyclic) bond motifs is 5. The Labute approximate surface area is 144 Å². The molecule has 3 saturated carbocycles. The van der Waals surface area contributed by atoms with Crippen LogP contribution >= 0.6 is 0 Å². The Balaban J connectivity index is 1.69. The van der Waals surface area contributed by atoms with Crippen molar-refractivity contribution < 1.29 is 15.0 Å². The lowest BCUT2D eigenvalue weighted by atomic mass is 9.50. The standard InChI is InChI=1S/C21H30O3/c1-20-11-4-3-5-13(20)6-7-14-15-8-9-17(18(22)19(23)24)21(15,2)12-10-16(14)20/h6-7,15-17,19,23-24H,3-5,8-12H2,1-2H3/t15-,16-,17+,20-,21-/m0/s1. The van der Waals surface area contributed by atoms with Crippen LogP contribution in [0.2, 0.25) is 0 Å². The van der Waals surface area contributed by atoms with E-state index in [4.69, 9.17) is 0 Å². The van der Waals surface area contributed by atoms with Crippen molar-refractivity contribution in [3.63, 3.8) is 0 Å². The normalized spacial score (nSPS) is 44.3. The molecule has 0 bridgehead atoms. The van der Waals surface area contributed by atoms with Gasteiger partial charge in [-0.15, -0.1) is 0 Å². The second kappa shape index (κ2) is 5.54. The van der Waals surface area contributed by atoms with Gasteiger partial charge in [0.1, 0.15) is 0 Å². The minimum atomic E-state index is -1.81. The molecule has 132 valence electrons. The van der Waals surface area contributed by atoms with Gasteiger partial charge >= 0.3 is 0 Å². The number of carbonyl (C=O) groups is 1. The first-order chi connectivity index (χ1) is 11.4. The summed E-state index contributed by atoms with van der Waals surface area (Å²) >= 11 is 0. The van der Waals surface area contributed by atoms with E-state index in [-0.39, 0.29) is 17.1 Å². The maximum absolute atomic E-state index is 12.3. The molecule has 0 aromatic carbocycles. The summed E-state index contributed by atoms with van der Waals surface area (Å²) < 4.78 is 0. The number of ketones is 1. The van der Waals surface area contributed by atoms with Gasteiger partial charge in [-0.05, 0) is 67.6 Å². The van der Waals surface area contributed by atoms with Crippen molar-refractivity contribution in [2.24, 2.45) is 28.6 Å². The number of allylic oxidation sites excluding steroid dienone is 4. The predicted octanol–water partition coefficient (Wildman–Crippen LogP) is 3.76. The summed E-state index contributed by atoms with van der Waals surface area (Å²) in [4.78, 5) is 12.3. The molecule has 0 unspecified atom stereocenters. The van der Waals surface area contributed by atoms with Crippen LogP contribution in [0.15, 0.2) is 23.3 Å². The Kier molecular flexibility index (Phi) is 3.81. The molecule has 4 aliphatic carbocycles. The summed E-state index contributed by atoms with van der Waals surface area (Å²) in [6.07, 6.45) is 12.1. The molecule has 3 heteroatoms. The van der Waals surface area contributed by atoms with Crippen LogP contribution in [0.1, 0.15) is 65.2 Å². The summed E-state index contributed by atoms with van der Waals surface area (Å²) in [5, 5.41) is 18.8. The van der Waals surface area contributed by atoms with Gasteiger partial charge in [0.15, 0.2) is 5.78 Å². The molecule has 0 aromatic heterocycles. The molecular weight excluding hydrogens is 300 g/mol. The Hall–Kier alpha value is -0.930. The molecule has 0 heterocycles. The maximum atomic E-state index is 12.3. The van der Waals surface area contributed by atoms with Gasteiger partial charge in [0.05, 0.1) is 0 Å². The highest BCUT2D eigenvalue weighted by Gasteiger charge is 2.57. The third-order valence-electron chi connectivity index (χ3n) is 8.08. The Morgan fingerprint density at radius 3 is 2.62 bits per heavy atom. The molecule has 0 aromatic rings. The summed E-state index contributed by atoms with van der Waals surface area (Å²) in [5.41, 5.74) is 3.42. The minimum Gasteiger partial charge on any atom is -0.362 e. The van der Waals surface area contributed by atoms with E-state index in [9.17, 15) is 15.0 Å². The summed E-state index contributed by atoms with van der Waals surface area (Å²) in [6.45, 7) is 4.68. The largest absolute Gasteiger partial charge is 0.362 e. The van der Waals surface area contributed by atoms with Crippen LogP contribution in [0.3, 0.4) is 0 Å². The number of carbonyl (C=O) groups excluding carboxylic acids is 1. The van der Waals surface area contributed by atoms with E-state index in [1.165, 1.54) is 25.7 Å². The van der Waals surface area contributed by atoms with Gasteiger partial charge in [0.2, 0.25) is 6.29 Å². The molecule has 24 heavy (non-hydrogen) atoms. The van der Waals surface area contributed by atoms with Crippen LogP contribution < -0.4 is 0 Å². The summed E-state index contributed by atoms with van der Waals surface area (Å²) in [5.74, 6) is 0.494. The highest BCUT2D eigenvalue weighted by molar-refractivity contribution is 5.85. The monoisotopic (exact) mass is 330 g/mol. The zero-order chi connectivity index (χ0) is 17.1. The van der Waals surface area contributed by atoms with Crippen molar-refractivity contribution in [3.8, 4) is 0 Å². The second-order valence-electron chi connectivity index (χ2n) is 9.04. The quantitative estimate of drug-likeness (QED) is 0.758. The van der Waals surface area contributed by atoms with Gasteiger partial charge in [-0.1, -0.05) is 43.6 Å². The van der Waals surface area contributed by atoms with Crippen LogP contribution in [0, 0.1) is 28.6 Å². The molecule has 0 saturated heterocycles. The van der Waals surface area contributed by atoms with Crippen molar-refractivity contribution in [1.82, 2.24) is 0 Å². The lowest BCUT2D eigenvalue weighted by Gasteiger charge is -2.54. The smallest absolute Gasteiger partial charge is 0.213 e. The van der Waals surface area contributed by atoms with Gasteiger partial charge in [0.25, 0.3) is 0 Å².